The van der Waals surface area contributed by atoms with E-state index in [1.807, 2.05) is 0 Å². The number of aliphatic hydroxyl groups excluding tert-OH is 1. The monoisotopic (exact) mass is 1150 g/mol. The van der Waals surface area contributed by atoms with Crippen molar-refractivity contribution < 1.29 is 57.1 Å². The zero-order valence-corrected chi connectivity index (χ0v) is 49.8. The van der Waals surface area contributed by atoms with Gasteiger partial charge in [-0.1, -0.05) is 102 Å². The Bertz CT molecular complexity index is 2810. The quantitative estimate of drug-likeness (QED) is 0.0541. The highest BCUT2D eigenvalue weighted by atomic mass is 32.2. The minimum atomic E-state index is -4.54. The van der Waals surface area contributed by atoms with Gasteiger partial charge >= 0.3 is 12.4 Å². The van der Waals surface area contributed by atoms with Crippen molar-refractivity contribution in [1.82, 2.24) is 8.61 Å². The molecule has 2 heterocycles. The Balaban J connectivity index is 0.000000213. The van der Waals surface area contributed by atoms with Gasteiger partial charge in [-0.25, -0.2) is 16.8 Å². The summed E-state index contributed by atoms with van der Waals surface area (Å²) in [7, 11) is -13.8. The Hall–Kier alpha value is -4.02. The van der Waals surface area contributed by atoms with Crippen LogP contribution in [0, 0.1) is 0 Å². The van der Waals surface area contributed by atoms with E-state index in [0.29, 0.717) is 12.8 Å². The topological polar surface area (TPSA) is 113 Å². The average Bonchev–Trinajstić information content (AvgIpc) is 3.98. The normalized spacial score (nSPS) is 19.6. The summed E-state index contributed by atoms with van der Waals surface area (Å²) in [4.78, 5) is -0.396. The summed E-state index contributed by atoms with van der Waals surface area (Å²) in [5, 5.41) is 13.9. The lowest BCUT2D eigenvalue weighted by Crippen LogP contribution is -2.44. The van der Waals surface area contributed by atoms with Crippen molar-refractivity contribution in [2.45, 2.75) is 137 Å². The smallest absolute Gasteiger partial charge is 0.413 e. The van der Waals surface area contributed by atoms with Gasteiger partial charge in [0.2, 0.25) is 20.0 Å². The maximum Gasteiger partial charge on any atom is 0.416 e. The number of aliphatic hydroxyl groups is 1. The standard InChI is InChI=1S/C19H28F3NO3SSi.C19H18P.C18H28F3NO4SSi/c1-7-15-12-16(26-28(5,6)18(2,3)4)13-23(15)27(24,25)17-10-8-14(9-11-17)19(20,21)22;1-20(17-11-5-2-6-12-17,18-13-7-3-8-14-18)19-15-9-4-10-16-19;1-17(2,3)28(4,5)26-15-10-14(12-23)22(11-15)27(24,25)16-8-6-13(7-9-16)18(19,20)21/h7-11,15-16H,1,12-13H2,2-6H3;2-16H,1H3;6-9,14-15,23H,10-12H2,1-5H3/q;+1;/t15-,16-;;14-,15+/m1.0/s1. The summed E-state index contributed by atoms with van der Waals surface area (Å²) < 4.78 is 144. The van der Waals surface area contributed by atoms with Crippen LogP contribution in [0.25, 0.3) is 0 Å². The molecule has 0 aliphatic carbocycles. The van der Waals surface area contributed by atoms with E-state index >= 15 is 0 Å². The van der Waals surface area contributed by atoms with E-state index in [-0.39, 0.29) is 51.8 Å². The van der Waals surface area contributed by atoms with Crippen LogP contribution in [0.1, 0.15) is 65.5 Å². The fourth-order valence-electron chi connectivity index (χ4n) is 8.48. The van der Waals surface area contributed by atoms with Gasteiger partial charge in [-0.3, -0.25) is 0 Å². The summed E-state index contributed by atoms with van der Waals surface area (Å²) in [5.74, 6) is 0. The van der Waals surface area contributed by atoms with E-state index in [0.717, 1.165) is 52.8 Å². The van der Waals surface area contributed by atoms with E-state index in [1.165, 1.54) is 20.2 Å². The Morgan fingerprint density at radius 1 is 0.566 bits per heavy atom. The van der Waals surface area contributed by atoms with Crippen LogP contribution in [0.5, 0.6) is 0 Å². The molecule has 7 rings (SSSR count). The van der Waals surface area contributed by atoms with Crippen LogP contribution in [0.2, 0.25) is 36.3 Å². The first-order valence-corrected chi connectivity index (χ1v) is 35.9. The number of halogens is 6. The molecule has 20 heteroatoms. The van der Waals surface area contributed by atoms with E-state index < -0.39 is 79.5 Å². The van der Waals surface area contributed by atoms with E-state index in [1.54, 1.807) is 6.08 Å². The first-order chi connectivity index (χ1) is 35.0. The molecule has 0 aromatic heterocycles. The molecule has 0 amide bonds. The Morgan fingerprint density at radius 2 is 0.882 bits per heavy atom. The highest BCUT2D eigenvalue weighted by molar-refractivity contribution is 7.95. The van der Waals surface area contributed by atoms with E-state index in [2.05, 4.69) is 172 Å². The average molecular weight is 1150 g/mol. The third kappa shape index (κ3) is 14.8. The van der Waals surface area contributed by atoms with Crippen LogP contribution in [-0.4, -0.2) is 97.8 Å². The van der Waals surface area contributed by atoms with Crippen LogP contribution in [-0.2, 0) is 41.3 Å². The van der Waals surface area contributed by atoms with Gasteiger partial charge < -0.3 is 14.0 Å². The highest BCUT2D eigenvalue weighted by Gasteiger charge is 2.48. The molecule has 416 valence electrons. The fraction of sp³-hybridized carbons (Fsp3) is 0.429. The number of hydrogen-bond donors (Lipinski definition) is 1. The predicted octanol–water partition coefficient (Wildman–Crippen LogP) is 12.5. The zero-order chi connectivity index (χ0) is 56.9. The lowest BCUT2D eigenvalue weighted by Gasteiger charge is -2.38. The van der Waals surface area contributed by atoms with Gasteiger partial charge in [-0.15, -0.1) is 6.58 Å². The summed E-state index contributed by atoms with van der Waals surface area (Å²) in [6, 6.07) is 38.5. The zero-order valence-electron chi connectivity index (χ0n) is 45.2. The minimum Gasteiger partial charge on any atom is -0.413 e. The second-order valence-corrected chi connectivity index (χ2v) is 39.2. The molecule has 2 saturated heterocycles. The Labute approximate surface area is 450 Å². The Kier molecular flexibility index (Phi) is 20.0. The molecule has 5 aromatic carbocycles. The molecule has 0 radical (unpaired) electrons. The van der Waals surface area contributed by atoms with Gasteiger partial charge in [0.15, 0.2) is 16.6 Å². The molecule has 76 heavy (non-hydrogen) atoms. The van der Waals surface area contributed by atoms with Crippen molar-refractivity contribution in [3.05, 3.63) is 163 Å². The number of hydrogen-bond acceptors (Lipinski definition) is 7. The maximum atomic E-state index is 13.0. The van der Waals surface area contributed by atoms with Gasteiger partial charge in [0.1, 0.15) is 23.2 Å². The van der Waals surface area contributed by atoms with Gasteiger partial charge in [0.05, 0.1) is 52.4 Å². The SMILES string of the molecule is C=C[C@@H]1C[C@@H](O[Si](C)(C)C(C)(C)C)CN1S(=O)(=O)c1ccc(C(F)(F)F)cc1.CC(C)(C)[Si](C)(C)O[C@@H]1C[C@@H](CO)N(S(=O)(=O)c2ccc(C(F)(F)F)cc2)C1.C[P+](c1ccccc1)(c1ccccc1)c1ccccc1. The van der Waals surface area contributed by atoms with Crippen molar-refractivity contribution in [2.75, 3.05) is 26.4 Å². The molecule has 0 bridgehead atoms. The van der Waals surface area contributed by atoms with E-state index in [9.17, 15) is 48.3 Å². The summed E-state index contributed by atoms with van der Waals surface area (Å²) in [5.41, 5.74) is -1.79. The third-order valence-electron chi connectivity index (χ3n) is 15.0. The maximum absolute atomic E-state index is 13.0. The number of alkyl halides is 6. The van der Waals surface area contributed by atoms with Crippen LogP contribution in [0.4, 0.5) is 26.3 Å². The first-order valence-electron chi connectivity index (χ1n) is 25.0. The molecule has 0 saturated carbocycles. The number of sulfonamides is 2. The molecule has 4 atom stereocenters. The summed E-state index contributed by atoms with van der Waals surface area (Å²) in [6.07, 6.45) is -7.29. The molecule has 9 nitrogen and oxygen atoms in total. The largest absolute Gasteiger partial charge is 0.416 e. The molecule has 0 unspecified atom stereocenters. The van der Waals surface area contributed by atoms with Crippen molar-refractivity contribution in [1.29, 1.82) is 0 Å². The molecule has 1 N–H and O–H groups in total. The molecular formula is C56H74F6N2O7PS2Si2+. The number of nitrogens with zero attached hydrogens (tertiary/aromatic N) is 2. The number of rotatable bonds is 13. The molecule has 2 aliphatic rings. The Morgan fingerprint density at radius 3 is 1.18 bits per heavy atom. The highest BCUT2D eigenvalue weighted by Crippen LogP contribution is 2.51. The van der Waals surface area contributed by atoms with Crippen molar-refractivity contribution >= 4 is 59.9 Å². The third-order valence-corrected chi connectivity index (χ3v) is 31.9. The molecule has 5 aromatic rings. The molecule has 0 spiro atoms. The van der Waals surface area contributed by atoms with Crippen molar-refractivity contribution in [3.63, 3.8) is 0 Å². The van der Waals surface area contributed by atoms with Gasteiger partial charge in [0, 0.05) is 19.1 Å². The molecule has 2 aliphatic heterocycles. The second-order valence-electron chi connectivity index (χ2n) is 22.3. The van der Waals surface area contributed by atoms with Gasteiger partial charge in [0.25, 0.3) is 0 Å². The predicted molar refractivity (Wildman–Crippen MR) is 300 cm³/mol. The minimum absolute atomic E-state index is 0.0175. The van der Waals surface area contributed by atoms with Crippen LogP contribution in [0.15, 0.2) is 162 Å². The lowest BCUT2D eigenvalue weighted by atomic mass is 10.2. The van der Waals surface area contributed by atoms with Crippen LogP contribution < -0.4 is 15.9 Å². The molecule has 2 fully saturated rings. The van der Waals surface area contributed by atoms with Crippen molar-refractivity contribution in [2.24, 2.45) is 0 Å². The summed E-state index contributed by atoms with van der Waals surface area (Å²) in [6.45, 7) is 26.9. The van der Waals surface area contributed by atoms with Gasteiger partial charge in [-0.2, -0.15) is 35.0 Å². The van der Waals surface area contributed by atoms with Crippen molar-refractivity contribution in [3.8, 4) is 0 Å². The van der Waals surface area contributed by atoms with Crippen LogP contribution in [0.3, 0.4) is 0 Å². The molecular weight excluding hydrogens is 1080 g/mol. The number of benzene rings is 5. The lowest BCUT2D eigenvalue weighted by molar-refractivity contribution is -0.138. The summed E-state index contributed by atoms with van der Waals surface area (Å²) >= 11 is 0. The fourth-order valence-corrected chi connectivity index (χ4v) is 17.7. The first kappa shape index (κ1) is 62.8. The van der Waals surface area contributed by atoms with Gasteiger partial charge in [-0.05, 0) is 134 Å². The second kappa shape index (κ2) is 24.1. The van der Waals surface area contributed by atoms with E-state index in [4.69, 9.17) is 8.85 Å². The van der Waals surface area contributed by atoms with Crippen LogP contribution >= 0.6 is 7.26 Å².